The van der Waals surface area contributed by atoms with Gasteiger partial charge in [0.1, 0.15) is 17.0 Å². The highest BCUT2D eigenvalue weighted by Crippen LogP contribution is 2.08. The topological polar surface area (TPSA) is 96.5 Å². The molecule has 15 heavy (non-hydrogen) atoms. The zero-order chi connectivity index (χ0) is 10.7. The van der Waals surface area contributed by atoms with E-state index in [1.165, 1.54) is 6.33 Å². The molecule has 0 aliphatic rings. The van der Waals surface area contributed by atoms with Crippen LogP contribution in [0.15, 0.2) is 6.33 Å². The van der Waals surface area contributed by atoms with E-state index < -0.39 is 0 Å². The summed E-state index contributed by atoms with van der Waals surface area (Å²) >= 11 is 1.08. The molecule has 8 heteroatoms. The summed E-state index contributed by atoms with van der Waals surface area (Å²) in [6.07, 6.45) is 1.39. The van der Waals surface area contributed by atoms with Crippen LogP contribution in [0.1, 0.15) is 21.2 Å². The number of aryl methyl sites for hydroxylation is 1. The molecule has 2 heterocycles. The van der Waals surface area contributed by atoms with Crippen LogP contribution in [-0.2, 0) is 6.54 Å². The summed E-state index contributed by atoms with van der Waals surface area (Å²) in [6, 6.07) is 0. The van der Waals surface area contributed by atoms with E-state index in [-0.39, 0.29) is 5.91 Å². The van der Waals surface area contributed by atoms with Crippen LogP contribution in [0.5, 0.6) is 0 Å². The van der Waals surface area contributed by atoms with Gasteiger partial charge >= 0.3 is 0 Å². The van der Waals surface area contributed by atoms with Gasteiger partial charge in [0.25, 0.3) is 5.91 Å². The lowest BCUT2D eigenvalue weighted by atomic mass is 10.4. The number of nitrogens with zero attached hydrogens (tertiary/aromatic N) is 4. The van der Waals surface area contributed by atoms with Crippen LogP contribution in [0, 0.1) is 6.92 Å². The molecular formula is C7H8N6OS. The highest BCUT2D eigenvalue weighted by molar-refractivity contribution is 7.07. The van der Waals surface area contributed by atoms with Gasteiger partial charge in [-0.2, -0.15) is 5.10 Å². The Balaban J connectivity index is 1.96. The van der Waals surface area contributed by atoms with Crippen molar-refractivity contribution >= 4 is 17.4 Å². The van der Waals surface area contributed by atoms with Crippen LogP contribution in [-0.4, -0.2) is 30.7 Å². The van der Waals surface area contributed by atoms with Gasteiger partial charge in [-0.3, -0.25) is 9.89 Å². The van der Waals surface area contributed by atoms with Crippen molar-refractivity contribution in [2.24, 2.45) is 0 Å². The van der Waals surface area contributed by atoms with Crippen molar-refractivity contribution in [3.05, 3.63) is 22.7 Å². The number of amides is 1. The van der Waals surface area contributed by atoms with Crippen LogP contribution in [0.2, 0.25) is 0 Å². The third kappa shape index (κ3) is 2.15. The first-order valence-electron chi connectivity index (χ1n) is 4.19. The number of carbonyl (C=O) groups excluding carboxylic acids is 1. The Bertz CT molecular complexity index is 450. The second kappa shape index (κ2) is 4.13. The monoisotopic (exact) mass is 224 g/mol. The van der Waals surface area contributed by atoms with Gasteiger partial charge in [0.2, 0.25) is 0 Å². The molecule has 0 saturated carbocycles. The minimum atomic E-state index is -0.195. The van der Waals surface area contributed by atoms with Gasteiger partial charge in [0.15, 0.2) is 0 Å². The molecule has 2 aromatic heterocycles. The van der Waals surface area contributed by atoms with Gasteiger partial charge in [-0.1, -0.05) is 4.49 Å². The third-order valence-corrected chi connectivity index (χ3v) is 2.57. The highest BCUT2D eigenvalue weighted by atomic mass is 32.1. The van der Waals surface area contributed by atoms with Crippen LogP contribution in [0.25, 0.3) is 0 Å². The Morgan fingerprint density at radius 2 is 2.53 bits per heavy atom. The summed E-state index contributed by atoms with van der Waals surface area (Å²) in [5.74, 6) is 0.414. The van der Waals surface area contributed by atoms with E-state index in [0.29, 0.717) is 22.9 Å². The van der Waals surface area contributed by atoms with E-state index in [9.17, 15) is 4.79 Å². The van der Waals surface area contributed by atoms with Gasteiger partial charge in [-0.05, 0) is 18.5 Å². The maximum atomic E-state index is 11.6. The summed E-state index contributed by atoms with van der Waals surface area (Å²) in [4.78, 5) is 16.0. The Kier molecular flexibility index (Phi) is 2.68. The molecule has 2 rings (SSSR count). The van der Waals surface area contributed by atoms with Gasteiger partial charge in [0, 0.05) is 0 Å². The summed E-state index contributed by atoms with van der Waals surface area (Å²) in [7, 11) is 0. The number of aromatic amines is 1. The van der Waals surface area contributed by atoms with Crippen molar-refractivity contribution in [2.45, 2.75) is 13.5 Å². The van der Waals surface area contributed by atoms with Crippen LogP contribution in [0.4, 0.5) is 0 Å². The highest BCUT2D eigenvalue weighted by Gasteiger charge is 2.12. The lowest BCUT2D eigenvalue weighted by molar-refractivity contribution is 0.0953. The number of rotatable bonds is 3. The fourth-order valence-electron chi connectivity index (χ4n) is 1.000. The predicted molar refractivity (Wildman–Crippen MR) is 52.2 cm³/mol. The maximum Gasteiger partial charge on any atom is 0.265 e. The molecule has 2 N–H and O–H groups in total. The van der Waals surface area contributed by atoms with Gasteiger partial charge in [-0.25, -0.2) is 4.98 Å². The fraction of sp³-hybridized carbons (Fsp3) is 0.286. The average molecular weight is 224 g/mol. The van der Waals surface area contributed by atoms with Crippen molar-refractivity contribution < 1.29 is 4.79 Å². The van der Waals surface area contributed by atoms with Crippen molar-refractivity contribution in [1.29, 1.82) is 0 Å². The van der Waals surface area contributed by atoms with Crippen molar-refractivity contribution in [2.75, 3.05) is 0 Å². The molecule has 7 nitrogen and oxygen atoms in total. The molecule has 0 aromatic carbocycles. The first-order valence-corrected chi connectivity index (χ1v) is 4.96. The van der Waals surface area contributed by atoms with Crippen molar-refractivity contribution in [3.63, 3.8) is 0 Å². The number of aromatic nitrogens is 5. The summed E-state index contributed by atoms with van der Waals surface area (Å²) in [6.45, 7) is 2.06. The molecule has 0 fully saturated rings. The lowest BCUT2D eigenvalue weighted by Crippen LogP contribution is -2.23. The Hall–Kier alpha value is -1.83. The zero-order valence-electron chi connectivity index (χ0n) is 7.89. The lowest BCUT2D eigenvalue weighted by Gasteiger charge is -1.99. The molecule has 78 valence electrons. The second-order valence-electron chi connectivity index (χ2n) is 2.80. The second-order valence-corrected chi connectivity index (χ2v) is 3.56. The first-order chi connectivity index (χ1) is 7.27. The summed E-state index contributed by atoms with van der Waals surface area (Å²) in [5, 5.41) is 12.8. The van der Waals surface area contributed by atoms with Gasteiger partial charge in [0.05, 0.1) is 12.2 Å². The Morgan fingerprint density at radius 1 is 1.67 bits per heavy atom. The van der Waals surface area contributed by atoms with E-state index in [2.05, 4.69) is 30.1 Å². The first kappa shape index (κ1) is 9.71. The number of hydrogen-bond acceptors (Lipinski definition) is 6. The molecule has 2 aromatic rings. The number of hydrogen-bond donors (Lipinski definition) is 2. The van der Waals surface area contributed by atoms with Crippen LogP contribution >= 0.6 is 11.5 Å². The van der Waals surface area contributed by atoms with Crippen molar-refractivity contribution in [1.82, 2.24) is 30.1 Å². The zero-order valence-corrected chi connectivity index (χ0v) is 8.71. The molecule has 1 amide bonds. The molecule has 0 atom stereocenters. The fourth-order valence-corrected chi connectivity index (χ4v) is 1.57. The summed E-state index contributed by atoms with van der Waals surface area (Å²) in [5.41, 5.74) is 0.634. The van der Waals surface area contributed by atoms with Crippen LogP contribution < -0.4 is 5.32 Å². The van der Waals surface area contributed by atoms with E-state index in [4.69, 9.17) is 0 Å². The normalized spacial score (nSPS) is 10.2. The molecule has 0 radical (unpaired) electrons. The third-order valence-electron chi connectivity index (χ3n) is 1.74. The molecule has 0 aliphatic carbocycles. The standard InChI is InChI=1S/C7H8N6OS/c1-4-6(15-13-11-4)7(14)8-2-5-9-3-10-12-5/h3H,2H2,1H3,(H,8,14)(H,9,10,12). The molecule has 0 spiro atoms. The van der Waals surface area contributed by atoms with E-state index >= 15 is 0 Å². The molecular weight excluding hydrogens is 216 g/mol. The summed E-state index contributed by atoms with van der Waals surface area (Å²) < 4.78 is 3.68. The predicted octanol–water partition coefficient (Wildman–Crippen LogP) is -0.105. The minimum Gasteiger partial charge on any atom is -0.344 e. The number of H-pyrrole nitrogens is 1. The minimum absolute atomic E-state index is 0.195. The molecule has 0 unspecified atom stereocenters. The molecule has 0 saturated heterocycles. The molecule has 0 aliphatic heterocycles. The van der Waals surface area contributed by atoms with E-state index in [1.807, 2.05) is 0 Å². The Morgan fingerprint density at radius 3 is 3.13 bits per heavy atom. The quantitative estimate of drug-likeness (QED) is 0.758. The smallest absolute Gasteiger partial charge is 0.265 e. The number of carbonyl (C=O) groups is 1. The number of nitrogens with one attached hydrogen (secondary N) is 2. The van der Waals surface area contributed by atoms with E-state index in [0.717, 1.165) is 11.5 Å². The molecule has 0 bridgehead atoms. The SMILES string of the molecule is Cc1nnsc1C(=O)NCc1ncn[nH]1. The Labute approximate surface area is 89.1 Å². The average Bonchev–Trinajstić information content (AvgIpc) is 2.84. The van der Waals surface area contributed by atoms with Crippen molar-refractivity contribution in [3.8, 4) is 0 Å². The van der Waals surface area contributed by atoms with E-state index in [1.54, 1.807) is 6.92 Å². The van der Waals surface area contributed by atoms with Gasteiger partial charge < -0.3 is 5.32 Å². The largest absolute Gasteiger partial charge is 0.344 e. The van der Waals surface area contributed by atoms with Gasteiger partial charge in [-0.15, -0.1) is 5.10 Å². The van der Waals surface area contributed by atoms with Crippen LogP contribution in [0.3, 0.4) is 0 Å². The maximum absolute atomic E-state index is 11.6.